The first-order valence-electron chi connectivity index (χ1n) is 5.52. The molecule has 2 aromatic carbocycles. The van der Waals surface area contributed by atoms with Crippen LogP contribution in [0.3, 0.4) is 0 Å². The highest BCUT2D eigenvalue weighted by molar-refractivity contribution is 7.92. The van der Waals surface area contributed by atoms with E-state index in [1.807, 2.05) is 4.72 Å². The fraction of sp³-hybridized carbons (Fsp3) is 0. The van der Waals surface area contributed by atoms with Gasteiger partial charge in [-0.1, -0.05) is 0 Å². The number of benzene rings is 2. The van der Waals surface area contributed by atoms with Gasteiger partial charge in [-0.05, 0) is 30.3 Å². The molecule has 0 aromatic heterocycles. The Kier molecular flexibility index (Phi) is 3.85. The van der Waals surface area contributed by atoms with Crippen molar-refractivity contribution >= 4 is 21.4 Å². The van der Waals surface area contributed by atoms with E-state index in [9.17, 15) is 27.3 Å². The second-order valence-electron chi connectivity index (χ2n) is 3.98. The Morgan fingerprint density at radius 1 is 1.00 bits per heavy atom. The van der Waals surface area contributed by atoms with Gasteiger partial charge >= 0.3 is 0 Å². The Balaban J connectivity index is 2.43. The Labute approximate surface area is 118 Å². The summed E-state index contributed by atoms with van der Waals surface area (Å²) in [6, 6.07) is 6.21. The first-order valence-corrected chi connectivity index (χ1v) is 7.00. The molecule has 0 aliphatic carbocycles. The first kappa shape index (κ1) is 14.9. The van der Waals surface area contributed by atoms with E-state index in [2.05, 4.69) is 0 Å². The van der Waals surface area contributed by atoms with Gasteiger partial charge in [0.2, 0.25) is 0 Å². The van der Waals surface area contributed by atoms with Gasteiger partial charge in [-0.3, -0.25) is 14.8 Å². The van der Waals surface area contributed by atoms with Gasteiger partial charge in [0.1, 0.15) is 17.3 Å². The predicted molar refractivity (Wildman–Crippen MR) is 70.3 cm³/mol. The lowest BCUT2D eigenvalue weighted by Gasteiger charge is -2.08. The molecule has 0 saturated carbocycles. The second-order valence-corrected chi connectivity index (χ2v) is 5.66. The molecular weight excluding hydrogens is 306 g/mol. The standard InChI is InChI=1S/C12H8F2N2O4S/c13-8-1-4-10(5-2-8)21(19,20)15-11-7-9(14)3-6-12(11)16(17)18/h1-7,15H. The molecule has 0 unspecified atom stereocenters. The van der Waals surface area contributed by atoms with E-state index in [0.29, 0.717) is 6.07 Å². The molecule has 21 heavy (non-hydrogen) atoms. The van der Waals surface area contributed by atoms with Gasteiger partial charge < -0.3 is 0 Å². The van der Waals surface area contributed by atoms with Crippen molar-refractivity contribution in [2.45, 2.75) is 4.90 Å². The molecular formula is C12H8F2N2O4S. The summed E-state index contributed by atoms with van der Waals surface area (Å²) in [5, 5.41) is 10.8. The quantitative estimate of drug-likeness (QED) is 0.694. The van der Waals surface area contributed by atoms with Gasteiger partial charge in [0.25, 0.3) is 15.7 Å². The molecule has 2 rings (SSSR count). The molecule has 2 aromatic rings. The highest BCUT2D eigenvalue weighted by Crippen LogP contribution is 2.27. The molecule has 0 amide bonds. The summed E-state index contributed by atoms with van der Waals surface area (Å²) in [5.74, 6) is -1.47. The van der Waals surface area contributed by atoms with Crippen molar-refractivity contribution in [3.63, 3.8) is 0 Å². The monoisotopic (exact) mass is 314 g/mol. The lowest BCUT2D eigenvalue weighted by Crippen LogP contribution is -2.14. The molecule has 0 atom stereocenters. The minimum Gasteiger partial charge on any atom is -0.273 e. The average molecular weight is 314 g/mol. The SMILES string of the molecule is O=[N+]([O-])c1ccc(F)cc1NS(=O)(=O)c1ccc(F)cc1. The molecule has 0 bridgehead atoms. The van der Waals surface area contributed by atoms with Crippen molar-refractivity contribution in [1.82, 2.24) is 0 Å². The number of hydrogen-bond acceptors (Lipinski definition) is 4. The van der Waals surface area contributed by atoms with Crippen molar-refractivity contribution in [3.05, 3.63) is 64.2 Å². The van der Waals surface area contributed by atoms with Crippen molar-refractivity contribution in [3.8, 4) is 0 Å². The Morgan fingerprint density at radius 3 is 2.14 bits per heavy atom. The van der Waals surface area contributed by atoms with Crippen LogP contribution < -0.4 is 4.72 Å². The summed E-state index contributed by atoms with van der Waals surface area (Å²) in [6.07, 6.45) is 0. The van der Waals surface area contributed by atoms with Crippen LogP contribution in [0.15, 0.2) is 47.4 Å². The molecule has 0 radical (unpaired) electrons. The third kappa shape index (κ3) is 3.31. The van der Waals surface area contributed by atoms with E-state index in [1.54, 1.807) is 0 Å². The van der Waals surface area contributed by atoms with E-state index in [-0.39, 0.29) is 4.90 Å². The van der Waals surface area contributed by atoms with Gasteiger partial charge in [0, 0.05) is 12.1 Å². The fourth-order valence-corrected chi connectivity index (χ4v) is 2.63. The third-order valence-electron chi connectivity index (χ3n) is 2.52. The third-order valence-corrected chi connectivity index (χ3v) is 3.90. The maximum Gasteiger partial charge on any atom is 0.293 e. The maximum absolute atomic E-state index is 13.1. The van der Waals surface area contributed by atoms with E-state index in [1.165, 1.54) is 0 Å². The molecule has 0 spiro atoms. The molecule has 0 fully saturated rings. The lowest BCUT2D eigenvalue weighted by atomic mass is 10.3. The van der Waals surface area contributed by atoms with Gasteiger partial charge in [0.15, 0.2) is 0 Å². The minimum absolute atomic E-state index is 0.303. The summed E-state index contributed by atoms with van der Waals surface area (Å²) >= 11 is 0. The Hall–Kier alpha value is -2.55. The Bertz CT molecular complexity index is 791. The van der Waals surface area contributed by atoms with Crippen LogP contribution in [0.2, 0.25) is 0 Å². The molecule has 0 aliphatic rings. The molecule has 0 saturated heterocycles. The zero-order chi connectivity index (χ0) is 15.6. The number of nitrogens with one attached hydrogen (secondary N) is 1. The zero-order valence-electron chi connectivity index (χ0n) is 10.3. The zero-order valence-corrected chi connectivity index (χ0v) is 11.1. The molecule has 0 aliphatic heterocycles. The van der Waals surface area contributed by atoms with Gasteiger partial charge in [-0.25, -0.2) is 17.2 Å². The number of hydrogen-bond donors (Lipinski definition) is 1. The molecule has 1 N–H and O–H groups in total. The largest absolute Gasteiger partial charge is 0.293 e. The smallest absolute Gasteiger partial charge is 0.273 e. The van der Waals surface area contributed by atoms with Crippen molar-refractivity contribution in [1.29, 1.82) is 0 Å². The average Bonchev–Trinajstić information content (AvgIpc) is 2.38. The number of nitrogens with zero attached hydrogens (tertiary/aromatic N) is 1. The fourth-order valence-electron chi connectivity index (χ4n) is 1.57. The summed E-state index contributed by atoms with van der Waals surface area (Å²) in [7, 11) is -4.19. The number of nitro groups is 1. The predicted octanol–water partition coefficient (Wildman–Crippen LogP) is 2.67. The number of nitro benzene ring substituents is 1. The highest BCUT2D eigenvalue weighted by Gasteiger charge is 2.21. The van der Waals surface area contributed by atoms with E-state index in [4.69, 9.17) is 0 Å². The van der Waals surface area contributed by atoms with Crippen molar-refractivity contribution < 1.29 is 22.1 Å². The van der Waals surface area contributed by atoms with Crippen LogP contribution in [0.1, 0.15) is 0 Å². The first-order chi connectivity index (χ1) is 9.79. The molecule has 9 heteroatoms. The van der Waals surface area contributed by atoms with Crippen LogP contribution in [0.4, 0.5) is 20.2 Å². The van der Waals surface area contributed by atoms with Crippen LogP contribution in [0, 0.1) is 21.7 Å². The van der Waals surface area contributed by atoms with E-state index in [0.717, 1.165) is 36.4 Å². The summed E-state index contributed by atoms with van der Waals surface area (Å²) in [4.78, 5) is 9.65. The molecule has 0 heterocycles. The van der Waals surface area contributed by atoms with Gasteiger partial charge in [0.05, 0.1) is 9.82 Å². The van der Waals surface area contributed by atoms with E-state index < -0.39 is 38.0 Å². The van der Waals surface area contributed by atoms with Crippen LogP contribution in [0.25, 0.3) is 0 Å². The van der Waals surface area contributed by atoms with Crippen LogP contribution in [-0.4, -0.2) is 13.3 Å². The van der Waals surface area contributed by atoms with Crippen molar-refractivity contribution in [2.75, 3.05) is 4.72 Å². The van der Waals surface area contributed by atoms with Crippen molar-refractivity contribution in [2.24, 2.45) is 0 Å². The Morgan fingerprint density at radius 2 is 1.57 bits per heavy atom. The highest BCUT2D eigenvalue weighted by atomic mass is 32.2. The topological polar surface area (TPSA) is 89.3 Å². The van der Waals surface area contributed by atoms with Crippen LogP contribution >= 0.6 is 0 Å². The summed E-state index contributed by atoms with van der Waals surface area (Å²) in [6.45, 7) is 0. The maximum atomic E-state index is 13.1. The number of sulfonamides is 1. The lowest BCUT2D eigenvalue weighted by molar-refractivity contribution is -0.383. The minimum atomic E-state index is -4.19. The summed E-state index contributed by atoms with van der Waals surface area (Å²) in [5.41, 5.74) is -1.11. The normalized spacial score (nSPS) is 11.1. The second kappa shape index (κ2) is 5.44. The number of halogens is 2. The molecule has 6 nitrogen and oxygen atoms in total. The van der Waals surface area contributed by atoms with Crippen LogP contribution in [-0.2, 0) is 10.0 Å². The van der Waals surface area contributed by atoms with E-state index >= 15 is 0 Å². The van der Waals surface area contributed by atoms with Gasteiger partial charge in [-0.2, -0.15) is 0 Å². The summed E-state index contributed by atoms with van der Waals surface area (Å²) < 4.78 is 51.9. The van der Waals surface area contributed by atoms with Crippen LogP contribution in [0.5, 0.6) is 0 Å². The molecule has 110 valence electrons. The van der Waals surface area contributed by atoms with Gasteiger partial charge in [-0.15, -0.1) is 0 Å². The number of rotatable bonds is 4. The number of anilines is 1.